The molecule has 0 aliphatic carbocycles. The monoisotopic (exact) mass is 324 g/mol. The molecule has 0 saturated carbocycles. The van der Waals surface area contributed by atoms with E-state index in [9.17, 15) is 0 Å². The number of hydrogen-bond acceptors (Lipinski definition) is 1. The maximum absolute atomic E-state index is 6.20. The SMILES string of the molecule is CCCCCC(=C=CCO[Si](C)(C)C(C)(C)C)CCCCC. The van der Waals surface area contributed by atoms with E-state index in [0.717, 1.165) is 6.61 Å². The Hall–Kier alpha value is -0.303. The van der Waals surface area contributed by atoms with E-state index >= 15 is 0 Å². The van der Waals surface area contributed by atoms with Gasteiger partial charge in [-0.25, -0.2) is 0 Å². The van der Waals surface area contributed by atoms with Gasteiger partial charge in [0.25, 0.3) is 0 Å². The van der Waals surface area contributed by atoms with Gasteiger partial charge in [0.2, 0.25) is 0 Å². The van der Waals surface area contributed by atoms with Crippen LogP contribution in [0.1, 0.15) is 86.0 Å². The highest BCUT2D eigenvalue weighted by atomic mass is 28.4. The highest BCUT2D eigenvalue weighted by Crippen LogP contribution is 2.36. The summed E-state index contributed by atoms with van der Waals surface area (Å²) in [5.41, 5.74) is 5.05. The van der Waals surface area contributed by atoms with Crippen molar-refractivity contribution in [3.63, 3.8) is 0 Å². The smallest absolute Gasteiger partial charge is 0.192 e. The second-order valence-electron chi connectivity index (χ2n) is 7.94. The van der Waals surface area contributed by atoms with Gasteiger partial charge in [0.05, 0.1) is 6.61 Å². The molecule has 0 radical (unpaired) electrons. The summed E-state index contributed by atoms with van der Waals surface area (Å²) in [6, 6.07) is 0. The number of hydrogen-bond donors (Lipinski definition) is 0. The van der Waals surface area contributed by atoms with Gasteiger partial charge < -0.3 is 4.43 Å². The van der Waals surface area contributed by atoms with Crippen LogP contribution >= 0.6 is 0 Å². The minimum atomic E-state index is -1.62. The van der Waals surface area contributed by atoms with Crippen LogP contribution in [-0.4, -0.2) is 14.9 Å². The van der Waals surface area contributed by atoms with Crippen LogP contribution in [0.3, 0.4) is 0 Å². The van der Waals surface area contributed by atoms with Crippen molar-refractivity contribution in [1.82, 2.24) is 0 Å². The zero-order chi connectivity index (χ0) is 17.1. The molecule has 22 heavy (non-hydrogen) atoms. The predicted octanol–water partition coefficient (Wildman–Crippen LogP) is 7.25. The minimum Gasteiger partial charge on any atom is -0.413 e. The molecule has 0 heterocycles. The molecule has 2 heteroatoms. The first-order valence-electron chi connectivity index (χ1n) is 9.31. The molecule has 0 aliphatic rings. The molecular weight excluding hydrogens is 284 g/mol. The average molecular weight is 325 g/mol. The Bertz CT molecular complexity index is 331. The van der Waals surface area contributed by atoms with Gasteiger partial charge in [-0.15, -0.1) is 5.73 Å². The first kappa shape index (κ1) is 21.7. The Morgan fingerprint density at radius 1 is 0.955 bits per heavy atom. The summed E-state index contributed by atoms with van der Waals surface area (Å²) >= 11 is 0. The second kappa shape index (κ2) is 11.3. The van der Waals surface area contributed by atoms with E-state index in [4.69, 9.17) is 4.43 Å². The molecule has 1 nitrogen and oxygen atoms in total. The topological polar surface area (TPSA) is 9.23 Å². The van der Waals surface area contributed by atoms with Crippen molar-refractivity contribution in [3.8, 4) is 0 Å². The third-order valence-electron chi connectivity index (χ3n) is 4.80. The Labute approximate surface area is 141 Å². The van der Waals surface area contributed by atoms with E-state index < -0.39 is 8.32 Å². The fourth-order valence-corrected chi connectivity index (χ4v) is 3.03. The first-order chi connectivity index (χ1) is 10.2. The fraction of sp³-hybridized carbons (Fsp3) is 0.850. The Balaban J connectivity index is 4.51. The molecule has 0 unspecified atom stereocenters. The number of unbranched alkanes of at least 4 members (excludes halogenated alkanes) is 4. The van der Waals surface area contributed by atoms with Gasteiger partial charge in [-0.05, 0) is 55.5 Å². The van der Waals surface area contributed by atoms with E-state index in [0.29, 0.717) is 0 Å². The second-order valence-corrected chi connectivity index (χ2v) is 12.7. The zero-order valence-corrected chi connectivity index (χ0v) is 17.3. The van der Waals surface area contributed by atoms with Crippen molar-refractivity contribution in [2.45, 2.75) is 104 Å². The van der Waals surface area contributed by atoms with Crippen LogP contribution in [0, 0.1) is 0 Å². The Morgan fingerprint density at radius 2 is 1.45 bits per heavy atom. The van der Waals surface area contributed by atoms with Crippen LogP contribution < -0.4 is 0 Å². The van der Waals surface area contributed by atoms with Crippen LogP contribution in [0.2, 0.25) is 18.1 Å². The van der Waals surface area contributed by atoms with Gasteiger partial charge in [-0.3, -0.25) is 0 Å². The van der Waals surface area contributed by atoms with Crippen molar-refractivity contribution in [3.05, 3.63) is 17.4 Å². The van der Waals surface area contributed by atoms with Crippen LogP contribution in [0.5, 0.6) is 0 Å². The lowest BCUT2D eigenvalue weighted by molar-refractivity contribution is 0.328. The van der Waals surface area contributed by atoms with E-state index in [-0.39, 0.29) is 5.04 Å². The van der Waals surface area contributed by atoms with E-state index in [1.165, 1.54) is 56.9 Å². The summed E-state index contributed by atoms with van der Waals surface area (Å²) in [5.74, 6) is 0. The molecular formula is C20H40OSi. The summed E-state index contributed by atoms with van der Waals surface area (Å²) in [4.78, 5) is 0. The van der Waals surface area contributed by atoms with Gasteiger partial charge in [0, 0.05) is 0 Å². The lowest BCUT2D eigenvalue weighted by Crippen LogP contribution is -2.40. The zero-order valence-electron chi connectivity index (χ0n) is 16.3. The summed E-state index contributed by atoms with van der Waals surface area (Å²) in [6.07, 6.45) is 12.4. The molecule has 130 valence electrons. The van der Waals surface area contributed by atoms with Gasteiger partial charge in [0.15, 0.2) is 8.32 Å². The molecule has 0 atom stereocenters. The third kappa shape index (κ3) is 9.66. The molecule has 0 spiro atoms. The average Bonchev–Trinajstić information content (AvgIpc) is 2.42. The Morgan fingerprint density at radius 3 is 1.86 bits per heavy atom. The quantitative estimate of drug-likeness (QED) is 0.221. The van der Waals surface area contributed by atoms with Crippen molar-refractivity contribution in [2.24, 2.45) is 0 Å². The van der Waals surface area contributed by atoms with Gasteiger partial charge in [0.1, 0.15) is 0 Å². The largest absolute Gasteiger partial charge is 0.413 e. The van der Waals surface area contributed by atoms with Crippen LogP contribution in [0.15, 0.2) is 17.4 Å². The highest BCUT2D eigenvalue weighted by Gasteiger charge is 2.36. The van der Waals surface area contributed by atoms with Crippen molar-refractivity contribution in [1.29, 1.82) is 0 Å². The van der Waals surface area contributed by atoms with Gasteiger partial charge >= 0.3 is 0 Å². The first-order valence-corrected chi connectivity index (χ1v) is 12.2. The summed E-state index contributed by atoms with van der Waals surface area (Å²) in [6.45, 7) is 16.8. The highest BCUT2D eigenvalue weighted by molar-refractivity contribution is 6.74. The van der Waals surface area contributed by atoms with Gasteiger partial charge in [-0.2, -0.15) is 0 Å². The Kier molecular flexibility index (Phi) is 11.1. The fourth-order valence-electron chi connectivity index (χ4n) is 2.10. The maximum atomic E-state index is 6.20. The molecule has 0 aromatic heterocycles. The molecule has 0 amide bonds. The molecule has 0 saturated heterocycles. The van der Waals surface area contributed by atoms with Crippen LogP contribution in [0.25, 0.3) is 0 Å². The summed E-state index contributed by atoms with van der Waals surface area (Å²) in [7, 11) is -1.62. The van der Waals surface area contributed by atoms with E-state index in [1.54, 1.807) is 0 Å². The van der Waals surface area contributed by atoms with Crippen LogP contribution in [0.4, 0.5) is 0 Å². The third-order valence-corrected chi connectivity index (χ3v) is 9.30. The van der Waals surface area contributed by atoms with Gasteiger partial charge in [-0.1, -0.05) is 60.3 Å². The number of rotatable bonds is 11. The van der Waals surface area contributed by atoms with Crippen molar-refractivity contribution in [2.75, 3.05) is 6.61 Å². The lowest BCUT2D eigenvalue weighted by atomic mass is 10.0. The minimum absolute atomic E-state index is 0.287. The van der Waals surface area contributed by atoms with Crippen molar-refractivity contribution < 1.29 is 4.43 Å². The van der Waals surface area contributed by atoms with Crippen LogP contribution in [-0.2, 0) is 4.43 Å². The standard InChI is InChI=1S/C20H40OSi/c1-8-10-12-15-19(16-13-11-9-2)17-14-18-21-22(6,7)20(3,4)5/h14H,8-13,15-16,18H2,1-7H3. The molecule has 0 aliphatic heterocycles. The summed E-state index contributed by atoms with van der Waals surface area (Å²) in [5, 5.41) is 0.287. The van der Waals surface area contributed by atoms with Crippen molar-refractivity contribution >= 4 is 8.32 Å². The molecule has 0 rings (SSSR count). The maximum Gasteiger partial charge on any atom is 0.192 e. The molecule has 0 aromatic rings. The molecule has 0 N–H and O–H groups in total. The predicted molar refractivity (Wildman–Crippen MR) is 103 cm³/mol. The molecule has 0 bridgehead atoms. The molecule has 0 aromatic carbocycles. The van der Waals surface area contributed by atoms with E-state index in [1.807, 2.05) is 0 Å². The lowest BCUT2D eigenvalue weighted by Gasteiger charge is -2.35. The normalized spacial score (nSPS) is 12.1. The summed E-state index contributed by atoms with van der Waals surface area (Å²) < 4.78 is 6.20. The van der Waals surface area contributed by atoms with E-state index in [2.05, 4.69) is 59.5 Å². The molecule has 0 fully saturated rings.